The molecule has 8 nitrogen and oxygen atoms in total. The molecule has 0 aliphatic carbocycles. The van der Waals surface area contributed by atoms with E-state index in [2.05, 4.69) is 35.8 Å². The molecule has 0 radical (unpaired) electrons. The van der Waals surface area contributed by atoms with Crippen molar-refractivity contribution in [1.82, 2.24) is 19.9 Å². The van der Waals surface area contributed by atoms with Crippen LogP contribution in [0.3, 0.4) is 0 Å². The molecule has 1 aromatic carbocycles. The van der Waals surface area contributed by atoms with Gasteiger partial charge in [0.15, 0.2) is 5.69 Å². The molecule has 1 amide bonds. The molecule has 154 valence electrons. The van der Waals surface area contributed by atoms with E-state index in [0.717, 1.165) is 62.9 Å². The van der Waals surface area contributed by atoms with Crippen molar-refractivity contribution in [3.8, 4) is 0 Å². The molecule has 0 spiro atoms. The highest BCUT2D eigenvalue weighted by atomic mass is 16.1. The van der Waals surface area contributed by atoms with Gasteiger partial charge in [-0.25, -0.2) is 14.8 Å². The molecule has 3 heterocycles. The molecule has 0 atom stereocenters. The van der Waals surface area contributed by atoms with Crippen molar-refractivity contribution in [2.75, 3.05) is 37.6 Å². The number of benzene rings is 1. The van der Waals surface area contributed by atoms with Gasteiger partial charge in [-0.15, -0.1) is 0 Å². The number of fused-ring (bicyclic) bond motifs is 1. The largest absolute Gasteiger partial charge is 0.364 e. The van der Waals surface area contributed by atoms with Crippen molar-refractivity contribution in [1.29, 1.82) is 0 Å². The zero-order chi connectivity index (χ0) is 20.9. The van der Waals surface area contributed by atoms with Crippen molar-refractivity contribution >= 4 is 28.4 Å². The number of carbonyl (C=O) groups is 1. The number of aromatic amines is 1. The summed E-state index contributed by atoms with van der Waals surface area (Å²) in [6.45, 7) is 11.8. The summed E-state index contributed by atoms with van der Waals surface area (Å²) in [7, 11) is 0. The molecule has 1 aliphatic heterocycles. The van der Waals surface area contributed by atoms with E-state index in [1.54, 1.807) is 6.20 Å². The molecule has 0 bridgehead atoms. The van der Waals surface area contributed by atoms with Crippen LogP contribution in [0.25, 0.3) is 15.7 Å². The lowest BCUT2D eigenvalue weighted by molar-refractivity contribution is 0.0995. The number of aryl methyl sites for hydroxylation is 1. The van der Waals surface area contributed by atoms with E-state index >= 15 is 0 Å². The van der Waals surface area contributed by atoms with Crippen LogP contribution in [-0.4, -0.2) is 58.5 Å². The molecule has 3 N–H and O–H groups in total. The molecule has 2 aromatic heterocycles. The zero-order valence-corrected chi connectivity index (χ0v) is 16.8. The summed E-state index contributed by atoms with van der Waals surface area (Å²) in [4.78, 5) is 31.3. The summed E-state index contributed by atoms with van der Waals surface area (Å²) >= 11 is 0. The Hall–Kier alpha value is -3.44. The monoisotopic (exact) mass is 403 g/mol. The number of unbranched alkanes of at least 4 members (excludes halogenated alkanes) is 1. The lowest BCUT2D eigenvalue weighted by Gasteiger charge is -2.34. The number of nitrogens with two attached hydrogens (primary N) is 1. The quantitative estimate of drug-likeness (QED) is 0.467. The molecule has 1 fully saturated rings. The third-order valence-corrected chi connectivity index (χ3v) is 5.60. The first-order valence-corrected chi connectivity index (χ1v) is 10.2. The maximum atomic E-state index is 11.3. The summed E-state index contributed by atoms with van der Waals surface area (Å²) in [6, 6.07) is 7.35. The number of carbonyl (C=O) groups excluding carboxylic acids is 1. The van der Waals surface area contributed by atoms with Gasteiger partial charge in [0.2, 0.25) is 5.95 Å². The van der Waals surface area contributed by atoms with Crippen molar-refractivity contribution in [3.05, 3.63) is 59.3 Å². The summed E-state index contributed by atoms with van der Waals surface area (Å²) in [5.41, 5.74) is 8.63. The Morgan fingerprint density at radius 3 is 2.80 bits per heavy atom. The van der Waals surface area contributed by atoms with Gasteiger partial charge in [0.1, 0.15) is 5.69 Å². The van der Waals surface area contributed by atoms with Crippen LogP contribution in [-0.2, 0) is 6.42 Å². The highest BCUT2D eigenvalue weighted by Gasteiger charge is 2.19. The van der Waals surface area contributed by atoms with Gasteiger partial charge in [-0.3, -0.25) is 9.69 Å². The van der Waals surface area contributed by atoms with Gasteiger partial charge in [-0.1, -0.05) is 6.07 Å². The van der Waals surface area contributed by atoms with Crippen molar-refractivity contribution in [3.63, 3.8) is 0 Å². The Bertz CT molecular complexity index is 1080. The number of aromatic nitrogens is 3. The molecule has 0 unspecified atom stereocenters. The number of primary amides is 1. The van der Waals surface area contributed by atoms with Crippen LogP contribution in [0.15, 0.2) is 36.7 Å². The van der Waals surface area contributed by atoms with Crippen LogP contribution in [0.5, 0.6) is 0 Å². The number of hydrogen-bond donors (Lipinski definition) is 2. The van der Waals surface area contributed by atoms with Gasteiger partial charge in [0, 0.05) is 44.1 Å². The second-order valence-electron chi connectivity index (χ2n) is 7.55. The smallest absolute Gasteiger partial charge is 0.267 e. The summed E-state index contributed by atoms with van der Waals surface area (Å²) < 4.78 is 0. The Kier molecular flexibility index (Phi) is 5.91. The Morgan fingerprint density at radius 2 is 2.03 bits per heavy atom. The lowest BCUT2D eigenvalue weighted by Crippen LogP contribution is -2.47. The molecular formula is C22H25N7O. The fourth-order valence-corrected chi connectivity index (χ4v) is 3.90. The number of nitrogens with zero attached hydrogens (tertiary/aromatic N) is 5. The SMILES string of the molecule is [C-]#[N+]c1ccc2[nH]cc(CCCCN3CCN(c4nccc(C(N)=O)n4)CC3)c2c1. The van der Waals surface area contributed by atoms with Crippen LogP contribution in [0.4, 0.5) is 11.6 Å². The fourth-order valence-electron chi connectivity index (χ4n) is 3.90. The second kappa shape index (κ2) is 8.93. The first kappa shape index (κ1) is 19.9. The topological polar surface area (TPSA) is 95.5 Å². The highest BCUT2D eigenvalue weighted by Crippen LogP contribution is 2.25. The molecular weight excluding hydrogens is 378 g/mol. The number of amides is 1. The van der Waals surface area contributed by atoms with Crippen LogP contribution < -0.4 is 10.6 Å². The summed E-state index contributed by atoms with van der Waals surface area (Å²) in [6.07, 6.45) is 6.90. The minimum absolute atomic E-state index is 0.253. The standard InChI is InChI=1S/C22H25N7O/c1-24-17-5-6-19-18(14-17)16(15-26-19)4-2-3-9-28-10-12-29(13-11-28)22-25-8-7-20(27-22)21(23)30/h5-8,14-15,26H,2-4,9-13H2,(H2,23,30). The Labute approximate surface area is 175 Å². The number of nitrogens with one attached hydrogen (secondary N) is 1. The molecule has 3 aromatic rings. The Balaban J connectivity index is 1.23. The summed E-state index contributed by atoms with van der Waals surface area (Å²) in [5.74, 6) is 0.0434. The second-order valence-corrected chi connectivity index (χ2v) is 7.55. The highest BCUT2D eigenvalue weighted by molar-refractivity contribution is 5.90. The number of anilines is 1. The predicted molar refractivity (Wildman–Crippen MR) is 117 cm³/mol. The van der Waals surface area contributed by atoms with Crippen LogP contribution >= 0.6 is 0 Å². The molecule has 1 aliphatic rings. The van der Waals surface area contributed by atoms with Gasteiger partial charge in [0.05, 0.1) is 6.57 Å². The van der Waals surface area contributed by atoms with Gasteiger partial charge in [-0.2, -0.15) is 0 Å². The lowest BCUT2D eigenvalue weighted by atomic mass is 10.1. The van der Waals surface area contributed by atoms with Crippen molar-refractivity contribution in [2.24, 2.45) is 5.73 Å². The average molecular weight is 403 g/mol. The van der Waals surface area contributed by atoms with Crippen LogP contribution in [0, 0.1) is 6.57 Å². The predicted octanol–water partition coefficient (Wildman–Crippen LogP) is 2.75. The Morgan fingerprint density at radius 1 is 1.20 bits per heavy atom. The first-order valence-electron chi connectivity index (χ1n) is 10.2. The first-order chi connectivity index (χ1) is 14.6. The van der Waals surface area contributed by atoms with Gasteiger partial charge in [0.25, 0.3) is 5.91 Å². The zero-order valence-electron chi connectivity index (χ0n) is 16.8. The van der Waals surface area contributed by atoms with E-state index in [0.29, 0.717) is 11.6 Å². The molecule has 30 heavy (non-hydrogen) atoms. The number of hydrogen-bond acceptors (Lipinski definition) is 5. The van der Waals surface area contributed by atoms with Gasteiger partial charge >= 0.3 is 0 Å². The molecule has 0 saturated carbocycles. The molecule has 4 rings (SSSR count). The van der Waals surface area contributed by atoms with E-state index in [1.165, 1.54) is 11.6 Å². The third-order valence-electron chi connectivity index (χ3n) is 5.60. The van der Waals surface area contributed by atoms with E-state index in [-0.39, 0.29) is 5.69 Å². The number of H-pyrrole nitrogens is 1. The normalized spacial score (nSPS) is 14.7. The molecule has 8 heteroatoms. The van der Waals surface area contributed by atoms with E-state index in [9.17, 15) is 4.79 Å². The van der Waals surface area contributed by atoms with Gasteiger partial charge < -0.3 is 15.6 Å². The van der Waals surface area contributed by atoms with E-state index < -0.39 is 5.91 Å². The molecule has 1 saturated heterocycles. The number of rotatable bonds is 7. The van der Waals surface area contributed by atoms with Crippen molar-refractivity contribution < 1.29 is 4.79 Å². The number of piperazine rings is 1. The van der Waals surface area contributed by atoms with E-state index in [1.807, 2.05) is 18.2 Å². The minimum Gasteiger partial charge on any atom is -0.364 e. The third kappa shape index (κ3) is 4.42. The van der Waals surface area contributed by atoms with E-state index in [4.69, 9.17) is 12.3 Å². The maximum Gasteiger partial charge on any atom is 0.267 e. The van der Waals surface area contributed by atoms with Crippen LogP contribution in [0.2, 0.25) is 0 Å². The average Bonchev–Trinajstić information content (AvgIpc) is 3.19. The maximum absolute atomic E-state index is 11.3. The van der Waals surface area contributed by atoms with Crippen molar-refractivity contribution in [2.45, 2.75) is 19.3 Å². The fraction of sp³-hybridized carbons (Fsp3) is 0.364. The summed E-state index contributed by atoms with van der Waals surface area (Å²) in [5, 5.41) is 1.16. The van der Waals surface area contributed by atoms with Gasteiger partial charge in [-0.05, 0) is 55.0 Å². The minimum atomic E-state index is -0.530. The van der Waals surface area contributed by atoms with Crippen LogP contribution in [0.1, 0.15) is 28.9 Å².